The van der Waals surface area contributed by atoms with Crippen molar-refractivity contribution in [1.82, 2.24) is 13.9 Å². The molecule has 0 radical (unpaired) electrons. The van der Waals surface area contributed by atoms with Gasteiger partial charge >= 0.3 is 10.2 Å². The van der Waals surface area contributed by atoms with Crippen LogP contribution in [0, 0.1) is 5.92 Å². The SMILES string of the molecule is CN(C)S(=O)(=O)Nc1ccc(S(=O)(=O)NCCN2CCCC(CO)C2)cc1. The summed E-state index contributed by atoms with van der Waals surface area (Å²) >= 11 is 0. The molecule has 1 aliphatic heterocycles. The number of benzene rings is 1. The maximum atomic E-state index is 12.4. The summed E-state index contributed by atoms with van der Waals surface area (Å²) in [7, 11) is -4.51. The van der Waals surface area contributed by atoms with Gasteiger partial charge in [0, 0.05) is 46.0 Å². The van der Waals surface area contributed by atoms with Crippen LogP contribution < -0.4 is 9.44 Å². The number of rotatable bonds is 9. The van der Waals surface area contributed by atoms with Crippen molar-refractivity contribution >= 4 is 25.9 Å². The van der Waals surface area contributed by atoms with Gasteiger partial charge in [0.25, 0.3) is 0 Å². The molecule has 0 bridgehead atoms. The molecule has 154 valence electrons. The Balaban J connectivity index is 1.90. The minimum atomic E-state index is -3.67. The number of nitrogens with zero attached hydrogens (tertiary/aromatic N) is 2. The van der Waals surface area contributed by atoms with E-state index in [2.05, 4.69) is 14.3 Å². The van der Waals surface area contributed by atoms with Crippen molar-refractivity contribution in [2.45, 2.75) is 17.7 Å². The molecule has 1 aromatic rings. The van der Waals surface area contributed by atoms with E-state index in [1.54, 1.807) is 0 Å². The summed E-state index contributed by atoms with van der Waals surface area (Å²) in [5.74, 6) is 0.258. The number of aliphatic hydroxyl groups is 1. The molecule has 2 rings (SSSR count). The predicted molar refractivity (Wildman–Crippen MR) is 104 cm³/mol. The van der Waals surface area contributed by atoms with Crippen LogP contribution in [0.15, 0.2) is 29.2 Å². The Morgan fingerprint density at radius 2 is 1.85 bits per heavy atom. The smallest absolute Gasteiger partial charge is 0.301 e. The van der Waals surface area contributed by atoms with Gasteiger partial charge in [-0.2, -0.15) is 12.7 Å². The molecule has 11 heteroatoms. The molecule has 1 unspecified atom stereocenters. The van der Waals surface area contributed by atoms with E-state index in [9.17, 15) is 21.9 Å². The topological polar surface area (TPSA) is 119 Å². The van der Waals surface area contributed by atoms with Gasteiger partial charge in [0.2, 0.25) is 10.0 Å². The lowest BCUT2D eigenvalue weighted by Gasteiger charge is -2.31. The Kier molecular flexibility index (Phi) is 7.60. The van der Waals surface area contributed by atoms with Gasteiger partial charge in [0.15, 0.2) is 0 Å². The summed E-state index contributed by atoms with van der Waals surface area (Å²) < 4.78 is 54.3. The minimum Gasteiger partial charge on any atom is -0.396 e. The molecule has 0 saturated carbocycles. The molecule has 9 nitrogen and oxygen atoms in total. The second kappa shape index (κ2) is 9.30. The summed E-state index contributed by atoms with van der Waals surface area (Å²) in [4.78, 5) is 2.22. The molecule has 1 heterocycles. The van der Waals surface area contributed by atoms with E-state index in [1.165, 1.54) is 38.4 Å². The van der Waals surface area contributed by atoms with Crippen LogP contribution in [0.2, 0.25) is 0 Å². The number of anilines is 1. The number of likely N-dealkylation sites (tertiary alicyclic amines) is 1. The molecule has 0 spiro atoms. The van der Waals surface area contributed by atoms with Gasteiger partial charge in [0.05, 0.1) is 4.90 Å². The first-order valence-electron chi connectivity index (χ1n) is 8.77. The number of piperidine rings is 1. The zero-order valence-electron chi connectivity index (χ0n) is 15.6. The molecular weight excluding hydrogens is 392 g/mol. The fourth-order valence-corrected chi connectivity index (χ4v) is 4.50. The van der Waals surface area contributed by atoms with Gasteiger partial charge in [-0.3, -0.25) is 4.72 Å². The first-order chi connectivity index (χ1) is 12.6. The lowest BCUT2D eigenvalue weighted by molar-refractivity contribution is 0.122. The molecule has 3 N–H and O–H groups in total. The average molecular weight is 421 g/mol. The highest BCUT2D eigenvalue weighted by Gasteiger charge is 2.20. The van der Waals surface area contributed by atoms with Crippen LogP contribution in [-0.2, 0) is 20.2 Å². The summed E-state index contributed by atoms with van der Waals surface area (Å²) in [6.45, 7) is 2.69. The number of sulfonamides is 1. The first-order valence-corrected chi connectivity index (χ1v) is 11.7. The number of hydrogen-bond donors (Lipinski definition) is 3. The third-order valence-electron chi connectivity index (χ3n) is 4.47. The van der Waals surface area contributed by atoms with Gasteiger partial charge in [-0.15, -0.1) is 0 Å². The monoisotopic (exact) mass is 420 g/mol. The zero-order chi connectivity index (χ0) is 20.1. The van der Waals surface area contributed by atoms with E-state index >= 15 is 0 Å². The fraction of sp³-hybridized carbons (Fsp3) is 0.625. The molecule has 0 aromatic heterocycles. The van der Waals surface area contributed by atoms with E-state index in [0.29, 0.717) is 6.54 Å². The Morgan fingerprint density at radius 3 is 2.44 bits per heavy atom. The maximum Gasteiger partial charge on any atom is 0.301 e. The van der Waals surface area contributed by atoms with Crippen LogP contribution in [0.25, 0.3) is 0 Å². The Bertz CT molecular complexity index is 810. The molecule has 1 saturated heterocycles. The van der Waals surface area contributed by atoms with E-state index < -0.39 is 20.2 Å². The van der Waals surface area contributed by atoms with Crippen molar-refractivity contribution in [2.24, 2.45) is 5.92 Å². The Hall–Kier alpha value is -1.24. The normalized spacial score (nSPS) is 19.3. The predicted octanol–water partition coefficient (Wildman–Crippen LogP) is -0.112. The van der Waals surface area contributed by atoms with Crippen molar-refractivity contribution in [2.75, 3.05) is 51.6 Å². The van der Waals surface area contributed by atoms with Crippen LogP contribution in [-0.4, -0.2) is 78.0 Å². The molecule has 27 heavy (non-hydrogen) atoms. The van der Waals surface area contributed by atoms with Crippen LogP contribution >= 0.6 is 0 Å². The first kappa shape index (κ1) is 22.1. The van der Waals surface area contributed by atoms with E-state index in [-0.39, 0.29) is 29.7 Å². The van der Waals surface area contributed by atoms with Crippen molar-refractivity contribution in [3.63, 3.8) is 0 Å². The Labute approximate surface area is 161 Å². The number of aliphatic hydroxyl groups excluding tert-OH is 1. The number of nitrogens with one attached hydrogen (secondary N) is 2. The van der Waals surface area contributed by atoms with Crippen molar-refractivity contribution < 1.29 is 21.9 Å². The summed E-state index contributed by atoms with van der Waals surface area (Å²) in [5, 5.41) is 9.25. The highest BCUT2D eigenvalue weighted by atomic mass is 32.2. The van der Waals surface area contributed by atoms with Crippen molar-refractivity contribution in [1.29, 1.82) is 0 Å². The molecule has 1 atom stereocenters. The second-order valence-electron chi connectivity index (χ2n) is 6.80. The lowest BCUT2D eigenvalue weighted by Crippen LogP contribution is -2.41. The lowest BCUT2D eigenvalue weighted by atomic mass is 9.99. The molecule has 1 fully saturated rings. The van der Waals surface area contributed by atoms with Crippen molar-refractivity contribution in [3.8, 4) is 0 Å². The van der Waals surface area contributed by atoms with Crippen LogP contribution in [0.3, 0.4) is 0 Å². The minimum absolute atomic E-state index is 0.0715. The molecule has 0 amide bonds. The quantitative estimate of drug-likeness (QED) is 0.513. The standard InChI is InChI=1S/C16H28N4O5S2/c1-19(2)27(24,25)18-15-5-7-16(8-6-15)26(22,23)17-9-11-20-10-3-4-14(12-20)13-21/h5-8,14,17-18,21H,3-4,9-13H2,1-2H3. The number of hydrogen-bond acceptors (Lipinski definition) is 6. The summed E-state index contributed by atoms with van der Waals surface area (Å²) in [6.07, 6.45) is 2.00. The maximum absolute atomic E-state index is 12.4. The zero-order valence-corrected chi connectivity index (χ0v) is 17.3. The molecule has 0 aliphatic carbocycles. The third-order valence-corrected chi connectivity index (χ3v) is 7.41. The van der Waals surface area contributed by atoms with Crippen molar-refractivity contribution in [3.05, 3.63) is 24.3 Å². The van der Waals surface area contributed by atoms with Gasteiger partial charge in [0.1, 0.15) is 0 Å². The van der Waals surface area contributed by atoms with Crippen LogP contribution in [0.4, 0.5) is 5.69 Å². The average Bonchev–Trinajstić information content (AvgIpc) is 2.62. The summed E-state index contributed by atoms with van der Waals surface area (Å²) in [5.41, 5.74) is 0.283. The fourth-order valence-electron chi connectivity index (χ4n) is 2.87. The van der Waals surface area contributed by atoms with Crippen LogP contribution in [0.5, 0.6) is 0 Å². The molecule has 1 aromatic carbocycles. The highest BCUT2D eigenvalue weighted by Crippen LogP contribution is 2.17. The van der Waals surface area contributed by atoms with Gasteiger partial charge < -0.3 is 10.0 Å². The van der Waals surface area contributed by atoms with E-state index in [1.807, 2.05) is 0 Å². The third kappa shape index (κ3) is 6.40. The molecular formula is C16H28N4O5S2. The van der Waals surface area contributed by atoms with Crippen LogP contribution in [0.1, 0.15) is 12.8 Å². The van der Waals surface area contributed by atoms with E-state index in [4.69, 9.17) is 0 Å². The summed E-state index contributed by atoms with van der Waals surface area (Å²) in [6, 6.07) is 5.54. The van der Waals surface area contributed by atoms with Gasteiger partial charge in [-0.1, -0.05) is 0 Å². The van der Waals surface area contributed by atoms with Gasteiger partial charge in [-0.05, 0) is 49.6 Å². The highest BCUT2D eigenvalue weighted by molar-refractivity contribution is 7.90. The molecule has 1 aliphatic rings. The second-order valence-corrected chi connectivity index (χ2v) is 10.5. The largest absolute Gasteiger partial charge is 0.396 e. The Morgan fingerprint density at radius 1 is 1.19 bits per heavy atom. The van der Waals surface area contributed by atoms with Gasteiger partial charge in [-0.25, -0.2) is 13.1 Å². The van der Waals surface area contributed by atoms with E-state index in [0.717, 1.165) is 30.2 Å².